The van der Waals surface area contributed by atoms with E-state index in [-0.39, 0.29) is 0 Å². The Morgan fingerprint density at radius 2 is 2.08 bits per heavy atom. The van der Waals surface area contributed by atoms with Crippen LogP contribution in [-0.2, 0) is 4.74 Å². The number of ether oxygens (including phenoxy) is 2. The van der Waals surface area contributed by atoms with Crippen molar-refractivity contribution in [1.82, 2.24) is 0 Å². The SMILES string of the molecule is COC(=O)c1ccc([S])c(OC)c1. The van der Waals surface area contributed by atoms with Crippen LogP contribution in [0.3, 0.4) is 0 Å². The largest absolute Gasteiger partial charge is 0.495 e. The van der Waals surface area contributed by atoms with Gasteiger partial charge in [-0.15, -0.1) is 0 Å². The summed E-state index contributed by atoms with van der Waals surface area (Å²) in [6, 6.07) is 4.81. The van der Waals surface area contributed by atoms with Gasteiger partial charge in [-0.25, -0.2) is 4.79 Å². The molecule has 1 rings (SSSR count). The van der Waals surface area contributed by atoms with Crippen LogP contribution in [0.2, 0.25) is 0 Å². The van der Waals surface area contributed by atoms with E-state index >= 15 is 0 Å². The second kappa shape index (κ2) is 4.09. The lowest BCUT2D eigenvalue weighted by atomic mass is 10.2. The first-order valence-electron chi connectivity index (χ1n) is 3.62. The molecule has 3 nitrogen and oxygen atoms in total. The van der Waals surface area contributed by atoms with E-state index in [0.717, 1.165) is 0 Å². The van der Waals surface area contributed by atoms with E-state index in [4.69, 9.17) is 17.4 Å². The number of esters is 1. The summed E-state index contributed by atoms with van der Waals surface area (Å²) in [7, 11) is 2.84. The third kappa shape index (κ3) is 2.09. The number of carbonyl (C=O) groups is 1. The molecule has 0 N–H and O–H groups in total. The maximum absolute atomic E-state index is 11.1. The molecule has 0 fully saturated rings. The van der Waals surface area contributed by atoms with Crippen LogP contribution in [-0.4, -0.2) is 20.2 Å². The van der Waals surface area contributed by atoms with Gasteiger partial charge in [0.15, 0.2) is 0 Å². The molecule has 0 unspecified atom stereocenters. The zero-order chi connectivity index (χ0) is 9.84. The van der Waals surface area contributed by atoms with Crippen molar-refractivity contribution in [3.8, 4) is 5.75 Å². The molecule has 13 heavy (non-hydrogen) atoms. The molecule has 0 spiro atoms. The molecule has 0 saturated heterocycles. The number of rotatable bonds is 2. The average molecular weight is 197 g/mol. The molecule has 0 heterocycles. The van der Waals surface area contributed by atoms with Gasteiger partial charge in [0, 0.05) is 0 Å². The molecule has 1 radical (unpaired) electrons. The number of carbonyl (C=O) groups excluding carboxylic acids is 1. The van der Waals surface area contributed by atoms with Gasteiger partial charge in [0.1, 0.15) is 5.75 Å². The molecule has 69 valence electrons. The highest BCUT2D eigenvalue weighted by Crippen LogP contribution is 2.23. The average Bonchev–Trinajstić information content (AvgIpc) is 2.17. The van der Waals surface area contributed by atoms with E-state index in [9.17, 15) is 4.79 Å². The van der Waals surface area contributed by atoms with E-state index in [0.29, 0.717) is 16.2 Å². The third-order valence-corrected chi connectivity index (χ3v) is 1.92. The number of hydrogen-bond acceptors (Lipinski definition) is 3. The molecule has 1 aromatic carbocycles. The van der Waals surface area contributed by atoms with E-state index in [1.807, 2.05) is 0 Å². The Morgan fingerprint density at radius 3 is 2.62 bits per heavy atom. The maximum Gasteiger partial charge on any atom is 0.337 e. The van der Waals surface area contributed by atoms with E-state index in [1.165, 1.54) is 14.2 Å². The fraction of sp³-hybridized carbons (Fsp3) is 0.222. The zero-order valence-corrected chi connectivity index (χ0v) is 8.18. The van der Waals surface area contributed by atoms with Crippen molar-refractivity contribution >= 4 is 18.6 Å². The normalized spacial score (nSPS) is 9.38. The monoisotopic (exact) mass is 197 g/mol. The van der Waals surface area contributed by atoms with Crippen LogP contribution in [0.25, 0.3) is 0 Å². The number of benzene rings is 1. The minimum atomic E-state index is -0.395. The highest BCUT2D eigenvalue weighted by Gasteiger charge is 2.08. The van der Waals surface area contributed by atoms with Gasteiger partial charge in [-0.05, 0) is 18.2 Å². The predicted octanol–water partition coefficient (Wildman–Crippen LogP) is 2.04. The molecular formula is C9H9O3S. The highest BCUT2D eigenvalue weighted by molar-refractivity contribution is 7.80. The van der Waals surface area contributed by atoms with Gasteiger partial charge in [0.25, 0.3) is 0 Å². The van der Waals surface area contributed by atoms with Crippen molar-refractivity contribution in [3.05, 3.63) is 23.8 Å². The Kier molecular flexibility index (Phi) is 3.08. The maximum atomic E-state index is 11.1. The van der Waals surface area contributed by atoms with Crippen molar-refractivity contribution in [3.63, 3.8) is 0 Å². The van der Waals surface area contributed by atoms with Gasteiger partial charge in [-0.3, -0.25) is 0 Å². The Balaban J connectivity index is 3.06. The fourth-order valence-electron chi connectivity index (χ4n) is 0.912. The van der Waals surface area contributed by atoms with Gasteiger partial charge >= 0.3 is 5.97 Å². The third-order valence-electron chi connectivity index (χ3n) is 1.58. The first-order chi connectivity index (χ1) is 6.19. The topological polar surface area (TPSA) is 35.5 Å². The van der Waals surface area contributed by atoms with Gasteiger partial charge in [-0.1, -0.05) is 12.6 Å². The molecule has 4 heteroatoms. The molecule has 0 aromatic heterocycles. The van der Waals surface area contributed by atoms with Gasteiger partial charge < -0.3 is 9.47 Å². The summed E-state index contributed by atoms with van der Waals surface area (Å²) in [6.45, 7) is 0. The van der Waals surface area contributed by atoms with Crippen molar-refractivity contribution in [2.45, 2.75) is 4.90 Å². The van der Waals surface area contributed by atoms with Crippen LogP contribution in [0.4, 0.5) is 0 Å². The van der Waals surface area contributed by atoms with E-state index in [2.05, 4.69) is 4.74 Å². The van der Waals surface area contributed by atoms with Crippen molar-refractivity contribution in [2.75, 3.05) is 14.2 Å². The number of hydrogen-bond donors (Lipinski definition) is 0. The molecule has 1 aromatic rings. The summed E-state index contributed by atoms with van der Waals surface area (Å²) in [4.78, 5) is 11.7. The summed E-state index contributed by atoms with van der Waals surface area (Å²) in [6.07, 6.45) is 0. The summed E-state index contributed by atoms with van der Waals surface area (Å²) in [5, 5.41) is 0. The predicted molar refractivity (Wildman–Crippen MR) is 50.2 cm³/mol. The van der Waals surface area contributed by atoms with E-state index in [1.54, 1.807) is 18.2 Å². The first-order valence-corrected chi connectivity index (χ1v) is 4.03. The van der Waals surface area contributed by atoms with Crippen molar-refractivity contribution in [2.24, 2.45) is 0 Å². The number of methoxy groups -OCH3 is 2. The molecule has 0 bridgehead atoms. The molecular weight excluding hydrogens is 188 g/mol. The van der Waals surface area contributed by atoms with Crippen molar-refractivity contribution < 1.29 is 14.3 Å². The lowest BCUT2D eigenvalue weighted by molar-refractivity contribution is 0.0600. The summed E-state index contributed by atoms with van der Waals surface area (Å²) < 4.78 is 9.52. The smallest absolute Gasteiger partial charge is 0.337 e. The standard InChI is InChI=1S/C9H9O3S/c1-11-7-5-6(9(10)12-2)3-4-8(7)13/h3-5H,1-2H3. The van der Waals surface area contributed by atoms with Crippen molar-refractivity contribution in [1.29, 1.82) is 0 Å². The fourth-order valence-corrected chi connectivity index (χ4v) is 1.12. The summed E-state index contributed by atoms with van der Waals surface area (Å²) in [5.41, 5.74) is 0.438. The molecule has 0 atom stereocenters. The Morgan fingerprint density at radius 1 is 1.38 bits per heavy atom. The lowest BCUT2D eigenvalue weighted by Crippen LogP contribution is -2.01. The highest BCUT2D eigenvalue weighted by atomic mass is 32.1. The van der Waals surface area contributed by atoms with Gasteiger partial charge in [0.05, 0.1) is 24.7 Å². The Bertz CT molecular complexity index is 323. The Labute approximate surface area is 82.1 Å². The van der Waals surface area contributed by atoms with Gasteiger partial charge in [0.2, 0.25) is 0 Å². The molecule has 0 saturated carbocycles. The van der Waals surface area contributed by atoms with Crippen LogP contribution >= 0.6 is 12.6 Å². The van der Waals surface area contributed by atoms with Crippen LogP contribution in [0.5, 0.6) is 5.75 Å². The van der Waals surface area contributed by atoms with Gasteiger partial charge in [-0.2, -0.15) is 0 Å². The first kappa shape index (κ1) is 9.80. The summed E-state index contributed by atoms with van der Waals surface area (Å²) in [5.74, 6) is 0.117. The lowest BCUT2D eigenvalue weighted by Gasteiger charge is -2.04. The quantitative estimate of drug-likeness (QED) is 0.680. The molecule has 0 aliphatic rings. The molecule has 0 aliphatic carbocycles. The van der Waals surface area contributed by atoms with E-state index < -0.39 is 5.97 Å². The van der Waals surface area contributed by atoms with Crippen LogP contribution in [0.1, 0.15) is 10.4 Å². The van der Waals surface area contributed by atoms with Crippen LogP contribution < -0.4 is 4.74 Å². The zero-order valence-electron chi connectivity index (χ0n) is 7.37. The molecule has 0 amide bonds. The molecule has 0 aliphatic heterocycles. The van der Waals surface area contributed by atoms with Crippen LogP contribution in [0, 0.1) is 0 Å². The summed E-state index contributed by atoms with van der Waals surface area (Å²) >= 11 is 4.96. The van der Waals surface area contributed by atoms with Crippen LogP contribution in [0.15, 0.2) is 23.1 Å². The minimum Gasteiger partial charge on any atom is -0.495 e. The second-order valence-electron chi connectivity index (χ2n) is 2.36. The second-order valence-corrected chi connectivity index (χ2v) is 2.80. The Hall–Kier alpha value is -1.29. The minimum absolute atomic E-state index is 0.395.